The Morgan fingerprint density at radius 1 is 1.37 bits per heavy atom. The summed E-state index contributed by atoms with van der Waals surface area (Å²) in [5.74, 6) is -0.197. The van der Waals surface area contributed by atoms with Crippen molar-refractivity contribution in [1.29, 1.82) is 0 Å². The standard InChI is InChI=1S/C14H19NO3S/c1-8-5-10(12(15)19)6-9(2)11(8)18-7-14(3,4)13(16)17/h5-6H,7H2,1-4H3,(H2,15,19)(H,16,17). The van der Waals surface area contributed by atoms with Gasteiger partial charge < -0.3 is 15.6 Å². The summed E-state index contributed by atoms with van der Waals surface area (Å²) in [6.07, 6.45) is 0. The first-order chi connectivity index (χ1) is 8.65. The van der Waals surface area contributed by atoms with Crippen LogP contribution in [0.15, 0.2) is 12.1 Å². The summed E-state index contributed by atoms with van der Waals surface area (Å²) in [5, 5.41) is 9.06. The number of aliphatic carboxylic acids is 1. The van der Waals surface area contributed by atoms with E-state index in [0.717, 1.165) is 16.7 Å². The van der Waals surface area contributed by atoms with Crippen LogP contribution in [-0.2, 0) is 4.79 Å². The van der Waals surface area contributed by atoms with Crippen LogP contribution in [-0.4, -0.2) is 22.7 Å². The van der Waals surface area contributed by atoms with E-state index in [4.69, 9.17) is 27.8 Å². The highest BCUT2D eigenvalue weighted by Gasteiger charge is 2.28. The Balaban J connectivity index is 2.97. The Kier molecular flexibility index (Phi) is 4.52. The number of carboxylic acids is 1. The predicted molar refractivity (Wildman–Crippen MR) is 78.7 cm³/mol. The van der Waals surface area contributed by atoms with Crippen molar-refractivity contribution in [2.75, 3.05) is 6.61 Å². The van der Waals surface area contributed by atoms with E-state index in [1.165, 1.54) is 0 Å². The number of hydrogen-bond donors (Lipinski definition) is 2. The molecule has 4 nitrogen and oxygen atoms in total. The first-order valence-corrected chi connectivity index (χ1v) is 6.33. The van der Waals surface area contributed by atoms with Crippen molar-refractivity contribution in [1.82, 2.24) is 0 Å². The summed E-state index contributed by atoms with van der Waals surface area (Å²) in [6.45, 7) is 7.14. The second kappa shape index (κ2) is 5.57. The van der Waals surface area contributed by atoms with Crippen LogP contribution in [0.5, 0.6) is 5.75 Å². The molecule has 0 fully saturated rings. The van der Waals surface area contributed by atoms with Crippen LogP contribution in [0.1, 0.15) is 30.5 Å². The molecule has 0 atom stereocenters. The number of ether oxygens (including phenoxy) is 1. The molecule has 3 N–H and O–H groups in total. The molecule has 104 valence electrons. The van der Waals surface area contributed by atoms with Gasteiger partial charge in [0.1, 0.15) is 17.3 Å². The van der Waals surface area contributed by atoms with Crippen molar-refractivity contribution in [3.05, 3.63) is 28.8 Å². The van der Waals surface area contributed by atoms with E-state index in [9.17, 15) is 4.79 Å². The fourth-order valence-corrected chi connectivity index (χ4v) is 1.75. The predicted octanol–water partition coefficient (Wildman–Crippen LogP) is 2.43. The Hall–Kier alpha value is -1.62. The molecule has 0 saturated carbocycles. The summed E-state index contributed by atoms with van der Waals surface area (Å²) in [5.41, 5.74) is 7.24. The third-order valence-corrected chi connectivity index (χ3v) is 3.14. The average Bonchev–Trinajstić information content (AvgIpc) is 2.27. The van der Waals surface area contributed by atoms with Crippen molar-refractivity contribution in [3.63, 3.8) is 0 Å². The molecule has 19 heavy (non-hydrogen) atoms. The normalized spacial score (nSPS) is 11.2. The largest absolute Gasteiger partial charge is 0.492 e. The maximum atomic E-state index is 11.0. The van der Waals surface area contributed by atoms with Crippen molar-refractivity contribution >= 4 is 23.2 Å². The highest BCUT2D eigenvalue weighted by molar-refractivity contribution is 7.80. The molecule has 1 aromatic carbocycles. The summed E-state index contributed by atoms with van der Waals surface area (Å²) in [6, 6.07) is 3.69. The monoisotopic (exact) mass is 281 g/mol. The van der Waals surface area contributed by atoms with Gasteiger partial charge in [-0.05, 0) is 51.0 Å². The molecule has 0 heterocycles. The van der Waals surface area contributed by atoms with Gasteiger partial charge >= 0.3 is 5.97 Å². The Labute approximate surface area is 118 Å². The van der Waals surface area contributed by atoms with E-state index in [2.05, 4.69) is 0 Å². The number of hydrogen-bond acceptors (Lipinski definition) is 3. The second-order valence-corrected chi connectivity index (χ2v) is 5.72. The molecule has 0 radical (unpaired) electrons. The molecule has 1 aromatic rings. The SMILES string of the molecule is Cc1cc(C(N)=S)cc(C)c1OCC(C)(C)C(=O)O. The van der Waals surface area contributed by atoms with Crippen LogP contribution in [0, 0.1) is 19.3 Å². The molecule has 0 saturated heterocycles. The molecule has 5 heteroatoms. The number of nitrogens with two attached hydrogens (primary N) is 1. The number of benzene rings is 1. The molecular weight excluding hydrogens is 262 g/mol. The highest BCUT2D eigenvalue weighted by atomic mass is 32.1. The minimum Gasteiger partial charge on any atom is -0.492 e. The van der Waals surface area contributed by atoms with Gasteiger partial charge in [-0.2, -0.15) is 0 Å². The molecule has 0 unspecified atom stereocenters. The summed E-state index contributed by atoms with van der Waals surface area (Å²) in [7, 11) is 0. The number of carboxylic acid groups (broad SMARTS) is 1. The van der Waals surface area contributed by atoms with Crippen molar-refractivity contribution in [2.24, 2.45) is 11.1 Å². The van der Waals surface area contributed by atoms with Crippen molar-refractivity contribution in [2.45, 2.75) is 27.7 Å². The number of carbonyl (C=O) groups is 1. The lowest BCUT2D eigenvalue weighted by Gasteiger charge is -2.21. The van der Waals surface area contributed by atoms with E-state index < -0.39 is 11.4 Å². The lowest BCUT2D eigenvalue weighted by molar-refractivity contribution is -0.148. The van der Waals surface area contributed by atoms with Gasteiger partial charge in [-0.3, -0.25) is 4.79 Å². The van der Waals surface area contributed by atoms with Crippen LogP contribution in [0.4, 0.5) is 0 Å². The Morgan fingerprint density at radius 2 is 1.84 bits per heavy atom. The first kappa shape index (κ1) is 15.4. The summed E-state index contributed by atoms with van der Waals surface area (Å²) >= 11 is 4.94. The smallest absolute Gasteiger partial charge is 0.312 e. The van der Waals surface area contributed by atoms with Crippen LogP contribution >= 0.6 is 12.2 Å². The molecule has 0 bridgehead atoms. The minimum absolute atomic E-state index is 0.108. The van der Waals surface area contributed by atoms with Gasteiger partial charge in [0.2, 0.25) is 0 Å². The topological polar surface area (TPSA) is 72.5 Å². The lowest BCUT2D eigenvalue weighted by atomic mass is 9.95. The quantitative estimate of drug-likeness (QED) is 0.811. The van der Waals surface area contributed by atoms with E-state index in [-0.39, 0.29) is 6.61 Å². The van der Waals surface area contributed by atoms with Gasteiger partial charge in [0, 0.05) is 5.56 Å². The van der Waals surface area contributed by atoms with Crippen LogP contribution in [0.25, 0.3) is 0 Å². The maximum Gasteiger partial charge on any atom is 0.312 e. The average molecular weight is 281 g/mol. The van der Waals surface area contributed by atoms with E-state index >= 15 is 0 Å². The van der Waals surface area contributed by atoms with Gasteiger partial charge in [0.05, 0.1) is 5.41 Å². The zero-order valence-corrected chi connectivity index (χ0v) is 12.4. The molecule has 0 aliphatic rings. The van der Waals surface area contributed by atoms with Crippen LogP contribution in [0.3, 0.4) is 0 Å². The summed E-state index contributed by atoms with van der Waals surface area (Å²) in [4.78, 5) is 11.4. The minimum atomic E-state index is -0.930. The van der Waals surface area contributed by atoms with E-state index in [1.54, 1.807) is 13.8 Å². The molecule has 0 aromatic heterocycles. The Morgan fingerprint density at radius 3 is 2.21 bits per heavy atom. The summed E-state index contributed by atoms with van der Waals surface area (Å²) < 4.78 is 5.66. The molecule has 0 aliphatic heterocycles. The number of aryl methyl sites for hydroxylation is 2. The third kappa shape index (κ3) is 3.67. The Bertz CT molecular complexity index is 500. The number of rotatable bonds is 5. The van der Waals surface area contributed by atoms with Crippen LogP contribution < -0.4 is 10.5 Å². The fourth-order valence-electron chi connectivity index (χ4n) is 1.63. The van der Waals surface area contributed by atoms with Gasteiger partial charge in [0.25, 0.3) is 0 Å². The zero-order valence-electron chi connectivity index (χ0n) is 11.6. The molecule has 0 spiro atoms. The molecule has 1 rings (SSSR count). The lowest BCUT2D eigenvalue weighted by Crippen LogP contribution is -2.31. The number of thiocarbonyl (C=S) groups is 1. The van der Waals surface area contributed by atoms with Gasteiger partial charge in [0.15, 0.2) is 0 Å². The zero-order chi connectivity index (χ0) is 14.8. The van der Waals surface area contributed by atoms with Gasteiger partial charge in [-0.15, -0.1) is 0 Å². The first-order valence-electron chi connectivity index (χ1n) is 5.92. The molecular formula is C14H19NO3S. The van der Waals surface area contributed by atoms with Gasteiger partial charge in [-0.1, -0.05) is 12.2 Å². The fraction of sp³-hybridized carbons (Fsp3) is 0.429. The maximum absolute atomic E-state index is 11.0. The second-order valence-electron chi connectivity index (χ2n) is 5.28. The van der Waals surface area contributed by atoms with Crippen LogP contribution in [0.2, 0.25) is 0 Å². The highest BCUT2D eigenvalue weighted by Crippen LogP contribution is 2.27. The third-order valence-electron chi connectivity index (χ3n) is 2.90. The van der Waals surface area contributed by atoms with Crippen molar-refractivity contribution in [3.8, 4) is 5.75 Å². The molecule has 0 aliphatic carbocycles. The van der Waals surface area contributed by atoms with Gasteiger partial charge in [-0.25, -0.2) is 0 Å². The van der Waals surface area contributed by atoms with E-state index in [0.29, 0.717) is 10.7 Å². The molecule has 0 amide bonds. The van der Waals surface area contributed by atoms with E-state index in [1.807, 2.05) is 26.0 Å². The van der Waals surface area contributed by atoms with Crippen molar-refractivity contribution < 1.29 is 14.6 Å².